The van der Waals surface area contributed by atoms with Gasteiger partial charge in [0, 0.05) is 25.4 Å². The van der Waals surface area contributed by atoms with Crippen molar-refractivity contribution in [3.05, 3.63) is 29.8 Å². The quantitative estimate of drug-likeness (QED) is 0.927. The molecule has 1 aliphatic heterocycles. The summed E-state index contributed by atoms with van der Waals surface area (Å²) in [5, 5.41) is 3.55. The lowest BCUT2D eigenvalue weighted by Gasteiger charge is -2.30. The van der Waals surface area contributed by atoms with Crippen molar-refractivity contribution in [3.63, 3.8) is 0 Å². The number of rotatable bonds is 4. The Balaban J connectivity index is 1.74. The summed E-state index contributed by atoms with van der Waals surface area (Å²) in [7, 11) is -3.18. The predicted octanol–water partition coefficient (Wildman–Crippen LogP) is 2.28. The summed E-state index contributed by atoms with van der Waals surface area (Å²) >= 11 is 0. The summed E-state index contributed by atoms with van der Waals surface area (Å²) in [6.07, 6.45) is 7.00. The van der Waals surface area contributed by atoms with E-state index in [0.29, 0.717) is 17.5 Å². The van der Waals surface area contributed by atoms with Crippen LogP contribution in [-0.4, -0.2) is 32.9 Å². The van der Waals surface area contributed by atoms with Crippen molar-refractivity contribution in [1.29, 1.82) is 0 Å². The highest BCUT2D eigenvalue weighted by Crippen LogP contribution is 2.41. The molecule has 0 unspecified atom stereocenters. The van der Waals surface area contributed by atoms with Gasteiger partial charge >= 0.3 is 0 Å². The van der Waals surface area contributed by atoms with Gasteiger partial charge in [-0.05, 0) is 30.9 Å². The minimum Gasteiger partial charge on any atom is -0.373 e. The molecular formula is C16H23NO3S. The third-order valence-electron chi connectivity index (χ3n) is 4.79. The minimum atomic E-state index is -3.18. The van der Waals surface area contributed by atoms with E-state index in [2.05, 4.69) is 5.32 Å². The molecule has 0 amide bonds. The van der Waals surface area contributed by atoms with Gasteiger partial charge in [0.25, 0.3) is 0 Å². The topological polar surface area (TPSA) is 55.4 Å². The van der Waals surface area contributed by atoms with Crippen molar-refractivity contribution in [2.75, 3.05) is 12.9 Å². The highest BCUT2D eigenvalue weighted by atomic mass is 32.2. The molecule has 1 saturated carbocycles. The van der Waals surface area contributed by atoms with Crippen LogP contribution in [0, 0.1) is 0 Å². The van der Waals surface area contributed by atoms with Crippen molar-refractivity contribution < 1.29 is 13.2 Å². The third-order valence-corrected chi connectivity index (χ3v) is 5.99. The molecule has 5 heteroatoms. The lowest BCUT2D eigenvalue weighted by Crippen LogP contribution is -2.45. The molecule has 2 aliphatic rings. The average Bonchev–Trinajstić information content (AvgIpc) is 3.07. The van der Waals surface area contributed by atoms with Crippen LogP contribution in [0.5, 0.6) is 0 Å². The van der Waals surface area contributed by atoms with E-state index < -0.39 is 9.84 Å². The fraction of sp³-hybridized carbons (Fsp3) is 0.625. The van der Waals surface area contributed by atoms with Crippen LogP contribution >= 0.6 is 0 Å². The van der Waals surface area contributed by atoms with Gasteiger partial charge in [-0.3, -0.25) is 0 Å². The van der Waals surface area contributed by atoms with Crippen LogP contribution < -0.4 is 5.32 Å². The Morgan fingerprint density at radius 2 is 2.00 bits per heavy atom. The van der Waals surface area contributed by atoms with Crippen LogP contribution in [0.15, 0.2) is 29.2 Å². The van der Waals surface area contributed by atoms with Gasteiger partial charge in [0.05, 0.1) is 10.5 Å². The van der Waals surface area contributed by atoms with Gasteiger partial charge in [0.2, 0.25) is 0 Å². The van der Waals surface area contributed by atoms with Gasteiger partial charge in [-0.15, -0.1) is 0 Å². The first kappa shape index (κ1) is 15.0. The van der Waals surface area contributed by atoms with Gasteiger partial charge < -0.3 is 10.1 Å². The van der Waals surface area contributed by atoms with E-state index in [9.17, 15) is 8.42 Å². The number of benzene rings is 1. The molecule has 0 aromatic heterocycles. The smallest absolute Gasteiger partial charge is 0.175 e. The van der Waals surface area contributed by atoms with Crippen molar-refractivity contribution in [2.45, 2.75) is 55.2 Å². The fourth-order valence-electron chi connectivity index (χ4n) is 3.74. The molecule has 3 rings (SSSR count). The van der Waals surface area contributed by atoms with Gasteiger partial charge in [-0.25, -0.2) is 8.42 Å². The minimum absolute atomic E-state index is 0.0000331. The summed E-state index contributed by atoms with van der Waals surface area (Å²) in [6, 6.07) is 7.58. The van der Waals surface area contributed by atoms with E-state index in [0.717, 1.165) is 31.4 Å². The van der Waals surface area contributed by atoms with Crippen LogP contribution in [0.1, 0.15) is 37.7 Å². The van der Waals surface area contributed by atoms with Crippen LogP contribution in [0.4, 0.5) is 0 Å². The molecule has 0 bridgehead atoms. The molecule has 1 saturated heterocycles. The zero-order chi connectivity index (χ0) is 14.9. The third kappa shape index (κ3) is 3.00. The molecule has 1 heterocycles. The molecule has 1 atom stereocenters. The van der Waals surface area contributed by atoms with Crippen LogP contribution in [-0.2, 0) is 21.1 Å². The van der Waals surface area contributed by atoms with Crippen LogP contribution in [0.3, 0.4) is 0 Å². The van der Waals surface area contributed by atoms with Crippen molar-refractivity contribution >= 4 is 9.84 Å². The zero-order valence-electron chi connectivity index (χ0n) is 12.5. The SMILES string of the molecule is CS(=O)(=O)c1ccccc1CN[C@H]1CCOC12CCCC2. The Morgan fingerprint density at radius 1 is 1.29 bits per heavy atom. The number of nitrogens with one attached hydrogen (secondary N) is 1. The Morgan fingerprint density at radius 3 is 2.71 bits per heavy atom. The molecule has 2 fully saturated rings. The van der Waals surface area contributed by atoms with Gasteiger partial charge in [-0.2, -0.15) is 0 Å². The second-order valence-electron chi connectivity index (χ2n) is 6.22. The number of ether oxygens (including phenoxy) is 1. The Kier molecular flexibility index (Phi) is 4.08. The van der Waals surface area contributed by atoms with E-state index >= 15 is 0 Å². The second kappa shape index (κ2) is 5.71. The Labute approximate surface area is 126 Å². The number of sulfone groups is 1. The molecule has 4 nitrogen and oxygen atoms in total. The fourth-order valence-corrected chi connectivity index (χ4v) is 4.69. The summed E-state index contributed by atoms with van der Waals surface area (Å²) in [5.41, 5.74) is 0.847. The molecule has 1 N–H and O–H groups in total. The van der Waals surface area contributed by atoms with Crippen LogP contribution in [0.2, 0.25) is 0 Å². The molecule has 1 spiro atoms. The molecular weight excluding hydrogens is 286 g/mol. The molecule has 1 aromatic rings. The van der Waals surface area contributed by atoms with E-state index in [4.69, 9.17) is 4.74 Å². The zero-order valence-corrected chi connectivity index (χ0v) is 13.3. The Bertz CT molecular complexity index is 600. The summed E-state index contributed by atoms with van der Waals surface area (Å²) in [5.74, 6) is 0. The first-order valence-corrected chi connectivity index (χ1v) is 9.56. The van der Waals surface area contributed by atoms with E-state index in [-0.39, 0.29) is 5.60 Å². The van der Waals surface area contributed by atoms with Gasteiger partial charge in [0.1, 0.15) is 0 Å². The maximum absolute atomic E-state index is 11.8. The molecule has 21 heavy (non-hydrogen) atoms. The van der Waals surface area contributed by atoms with E-state index in [1.807, 2.05) is 12.1 Å². The Hall–Kier alpha value is -0.910. The highest BCUT2D eigenvalue weighted by molar-refractivity contribution is 7.90. The first-order chi connectivity index (χ1) is 10.0. The van der Waals surface area contributed by atoms with Gasteiger partial charge in [0.15, 0.2) is 9.84 Å². The molecule has 116 valence electrons. The standard InChI is InChI=1S/C16H23NO3S/c1-21(18,19)14-7-3-2-6-13(14)12-17-15-8-11-20-16(15)9-4-5-10-16/h2-3,6-7,15,17H,4-5,8-12H2,1H3/t15-/m0/s1. The molecule has 1 aromatic carbocycles. The van der Waals surface area contributed by atoms with Crippen molar-refractivity contribution in [2.24, 2.45) is 0 Å². The van der Waals surface area contributed by atoms with Crippen LogP contribution in [0.25, 0.3) is 0 Å². The monoisotopic (exact) mass is 309 g/mol. The normalized spacial score (nSPS) is 24.7. The van der Waals surface area contributed by atoms with Crippen molar-refractivity contribution in [3.8, 4) is 0 Å². The van der Waals surface area contributed by atoms with E-state index in [1.165, 1.54) is 19.1 Å². The van der Waals surface area contributed by atoms with Gasteiger partial charge in [-0.1, -0.05) is 31.0 Å². The number of hydrogen-bond donors (Lipinski definition) is 1. The maximum Gasteiger partial charge on any atom is 0.175 e. The molecule has 0 radical (unpaired) electrons. The average molecular weight is 309 g/mol. The molecule has 1 aliphatic carbocycles. The predicted molar refractivity (Wildman–Crippen MR) is 81.9 cm³/mol. The van der Waals surface area contributed by atoms with E-state index in [1.54, 1.807) is 12.1 Å². The lowest BCUT2D eigenvalue weighted by molar-refractivity contribution is -0.00487. The largest absolute Gasteiger partial charge is 0.373 e. The summed E-state index contributed by atoms with van der Waals surface area (Å²) in [6.45, 7) is 1.39. The summed E-state index contributed by atoms with van der Waals surface area (Å²) in [4.78, 5) is 0.428. The first-order valence-electron chi connectivity index (χ1n) is 7.67. The lowest BCUT2D eigenvalue weighted by atomic mass is 9.92. The van der Waals surface area contributed by atoms with Crippen molar-refractivity contribution in [1.82, 2.24) is 5.32 Å². The second-order valence-corrected chi connectivity index (χ2v) is 8.21. The summed E-state index contributed by atoms with van der Waals surface area (Å²) < 4.78 is 29.7. The highest BCUT2D eigenvalue weighted by Gasteiger charge is 2.45. The number of hydrogen-bond acceptors (Lipinski definition) is 4. The maximum atomic E-state index is 11.8.